The largest absolute Gasteiger partial charge is 0.306 e. The summed E-state index contributed by atoms with van der Waals surface area (Å²) in [5.41, 5.74) is 3.42. The number of anilines is 1. The molecule has 0 bridgehead atoms. The Morgan fingerprint density at radius 2 is 1.60 bits per heavy atom. The number of aryl methyl sites for hydroxylation is 2. The van der Waals surface area contributed by atoms with Gasteiger partial charge in [0.1, 0.15) is 0 Å². The Bertz CT molecular complexity index is 742. The smallest absolute Gasteiger partial charge is 0.237 e. The number of carbonyl (C=O) groups is 1. The zero-order valence-electron chi connectivity index (χ0n) is 15.5. The zero-order valence-corrected chi connectivity index (χ0v) is 15.5. The van der Waals surface area contributed by atoms with E-state index in [1.165, 1.54) is 0 Å². The first-order valence-corrected chi connectivity index (χ1v) is 8.80. The molecule has 0 radical (unpaired) electrons. The van der Waals surface area contributed by atoms with Gasteiger partial charge >= 0.3 is 0 Å². The van der Waals surface area contributed by atoms with E-state index >= 15 is 0 Å². The van der Waals surface area contributed by atoms with Crippen LogP contribution in [0, 0.1) is 20.8 Å². The van der Waals surface area contributed by atoms with Crippen LogP contribution in [-0.4, -0.2) is 40.9 Å². The lowest BCUT2D eigenvalue weighted by Crippen LogP contribution is -2.48. The molecule has 1 saturated heterocycles. The van der Waals surface area contributed by atoms with E-state index < -0.39 is 5.41 Å². The molecule has 0 saturated carbocycles. The van der Waals surface area contributed by atoms with E-state index in [1.807, 2.05) is 39.0 Å². The normalized spacial score (nSPS) is 17.3. The number of nitrogens with zero attached hydrogens (tertiary/aromatic N) is 3. The summed E-state index contributed by atoms with van der Waals surface area (Å²) in [4.78, 5) is 24.5. The zero-order chi connectivity index (χ0) is 18.0. The summed E-state index contributed by atoms with van der Waals surface area (Å²) >= 11 is 0. The third kappa shape index (κ3) is 3.42. The van der Waals surface area contributed by atoms with E-state index in [0.717, 1.165) is 48.4 Å². The average molecular weight is 338 g/mol. The summed E-state index contributed by atoms with van der Waals surface area (Å²) in [6.07, 6.45) is 1.59. The molecule has 25 heavy (non-hydrogen) atoms. The van der Waals surface area contributed by atoms with E-state index in [-0.39, 0.29) is 5.91 Å². The Hall–Kier alpha value is -2.27. The van der Waals surface area contributed by atoms with Crippen molar-refractivity contribution in [3.63, 3.8) is 0 Å². The van der Waals surface area contributed by atoms with Crippen molar-refractivity contribution in [2.75, 3.05) is 25.5 Å². The summed E-state index contributed by atoms with van der Waals surface area (Å²) in [6, 6.07) is 10.1. The first-order chi connectivity index (χ1) is 11.9. The lowest BCUT2D eigenvalue weighted by atomic mass is 9.72. The molecule has 2 heterocycles. The number of benzene rings is 1. The molecule has 1 amide bonds. The van der Waals surface area contributed by atoms with Crippen LogP contribution >= 0.6 is 0 Å². The second-order valence-corrected chi connectivity index (χ2v) is 7.05. The van der Waals surface area contributed by atoms with E-state index in [2.05, 4.69) is 39.4 Å². The summed E-state index contributed by atoms with van der Waals surface area (Å²) in [7, 11) is 2.10. The fourth-order valence-corrected chi connectivity index (χ4v) is 3.45. The van der Waals surface area contributed by atoms with Crippen LogP contribution in [0.15, 0.2) is 30.3 Å². The van der Waals surface area contributed by atoms with Crippen molar-refractivity contribution in [3.8, 4) is 0 Å². The third-order valence-corrected chi connectivity index (χ3v) is 5.46. The monoisotopic (exact) mass is 338 g/mol. The molecule has 0 unspecified atom stereocenters. The van der Waals surface area contributed by atoms with Gasteiger partial charge in [-0.05, 0) is 64.9 Å². The molecular weight excluding hydrogens is 312 g/mol. The number of piperidine rings is 1. The van der Waals surface area contributed by atoms with Gasteiger partial charge in [0.15, 0.2) is 0 Å². The van der Waals surface area contributed by atoms with Crippen molar-refractivity contribution < 1.29 is 4.79 Å². The van der Waals surface area contributed by atoms with Crippen molar-refractivity contribution in [3.05, 3.63) is 52.8 Å². The van der Waals surface area contributed by atoms with Crippen LogP contribution in [0.25, 0.3) is 0 Å². The minimum atomic E-state index is -0.524. The van der Waals surface area contributed by atoms with E-state index in [9.17, 15) is 4.79 Å². The molecule has 1 aliphatic heterocycles. The van der Waals surface area contributed by atoms with Crippen LogP contribution in [0.4, 0.5) is 5.95 Å². The molecule has 132 valence electrons. The molecular formula is C20H26N4O. The minimum Gasteiger partial charge on any atom is -0.306 e. The summed E-state index contributed by atoms with van der Waals surface area (Å²) in [5, 5.41) is 2.99. The van der Waals surface area contributed by atoms with Gasteiger partial charge in [0.05, 0.1) is 5.41 Å². The number of amides is 1. The van der Waals surface area contributed by atoms with Gasteiger partial charge in [-0.2, -0.15) is 0 Å². The van der Waals surface area contributed by atoms with Crippen molar-refractivity contribution in [2.24, 2.45) is 0 Å². The Kier molecular flexibility index (Phi) is 4.86. The maximum atomic E-state index is 13.3. The summed E-state index contributed by atoms with van der Waals surface area (Å²) < 4.78 is 0. The SMILES string of the molecule is Cc1nc(NC(=O)C2(c3ccccc3)CCN(C)CC2)nc(C)c1C. The number of hydrogen-bond donors (Lipinski definition) is 1. The van der Waals surface area contributed by atoms with Gasteiger partial charge in [-0.1, -0.05) is 30.3 Å². The van der Waals surface area contributed by atoms with Crippen LogP contribution in [0.2, 0.25) is 0 Å². The maximum absolute atomic E-state index is 13.3. The lowest BCUT2D eigenvalue weighted by Gasteiger charge is -2.39. The second kappa shape index (κ2) is 6.92. The van der Waals surface area contributed by atoms with Crippen LogP contribution < -0.4 is 5.32 Å². The fraction of sp³-hybridized carbons (Fsp3) is 0.450. The van der Waals surface area contributed by atoms with E-state index in [1.54, 1.807) is 0 Å². The number of carbonyl (C=O) groups excluding carboxylic acids is 1. The Balaban J connectivity index is 1.93. The number of likely N-dealkylation sites (tertiary alicyclic amines) is 1. The predicted molar refractivity (Wildman–Crippen MR) is 99.7 cm³/mol. The minimum absolute atomic E-state index is 0.00514. The average Bonchev–Trinajstić information content (AvgIpc) is 2.61. The molecule has 1 aliphatic rings. The lowest BCUT2D eigenvalue weighted by molar-refractivity contribution is -0.123. The van der Waals surface area contributed by atoms with E-state index in [0.29, 0.717) is 5.95 Å². The predicted octanol–water partition coefficient (Wildman–Crippen LogP) is 3.00. The molecule has 1 aromatic heterocycles. The van der Waals surface area contributed by atoms with Gasteiger partial charge < -0.3 is 4.90 Å². The van der Waals surface area contributed by atoms with Gasteiger partial charge in [-0.15, -0.1) is 0 Å². The molecule has 1 N–H and O–H groups in total. The third-order valence-electron chi connectivity index (χ3n) is 5.46. The first-order valence-electron chi connectivity index (χ1n) is 8.80. The highest BCUT2D eigenvalue weighted by Gasteiger charge is 2.42. The van der Waals surface area contributed by atoms with Crippen molar-refractivity contribution in [1.29, 1.82) is 0 Å². The molecule has 0 atom stereocenters. The highest BCUT2D eigenvalue weighted by molar-refractivity contribution is 5.98. The molecule has 0 aliphatic carbocycles. The van der Waals surface area contributed by atoms with Gasteiger partial charge in [-0.25, -0.2) is 9.97 Å². The highest BCUT2D eigenvalue weighted by Crippen LogP contribution is 2.36. The molecule has 3 rings (SSSR count). The Labute approximate surface area is 149 Å². The molecule has 1 aromatic carbocycles. The molecule has 5 nitrogen and oxygen atoms in total. The van der Waals surface area contributed by atoms with Crippen LogP contribution in [0.5, 0.6) is 0 Å². The standard InChI is InChI=1S/C20H26N4O/c1-14-15(2)21-19(22-16(14)3)23-18(25)20(10-12-24(4)13-11-20)17-8-6-5-7-9-17/h5-9H,10-13H2,1-4H3,(H,21,22,23,25). The summed E-state index contributed by atoms with van der Waals surface area (Å²) in [6.45, 7) is 7.69. The van der Waals surface area contributed by atoms with Crippen LogP contribution in [-0.2, 0) is 10.2 Å². The summed E-state index contributed by atoms with van der Waals surface area (Å²) in [5.74, 6) is 0.397. The van der Waals surface area contributed by atoms with E-state index in [4.69, 9.17) is 0 Å². The van der Waals surface area contributed by atoms with Gasteiger partial charge in [-0.3, -0.25) is 10.1 Å². The second-order valence-electron chi connectivity index (χ2n) is 7.05. The highest BCUT2D eigenvalue weighted by atomic mass is 16.2. The number of rotatable bonds is 3. The van der Waals surface area contributed by atoms with Crippen molar-refractivity contribution in [2.45, 2.75) is 39.0 Å². The topological polar surface area (TPSA) is 58.1 Å². The van der Waals surface area contributed by atoms with Crippen molar-refractivity contribution in [1.82, 2.24) is 14.9 Å². The number of nitrogens with one attached hydrogen (secondary N) is 1. The van der Waals surface area contributed by atoms with Gasteiger partial charge in [0, 0.05) is 11.4 Å². The fourth-order valence-electron chi connectivity index (χ4n) is 3.45. The van der Waals surface area contributed by atoms with Crippen LogP contribution in [0.1, 0.15) is 35.4 Å². The molecule has 2 aromatic rings. The Morgan fingerprint density at radius 1 is 1.04 bits per heavy atom. The van der Waals surface area contributed by atoms with Crippen LogP contribution in [0.3, 0.4) is 0 Å². The van der Waals surface area contributed by atoms with Crippen molar-refractivity contribution >= 4 is 11.9 Å². The molecule has 5 heteroatoms. The quantitative estimate of drug-likeness (QED) is 0.935. The number of aromatic nitrogens is 2. The van der Waals surface area contributed by atoms with Gasteiger partial charge in [0.2, 0.25) is 11.9 Å². The number of hydrogen-bond acceptors (Lipinski definition) is 4. The first kappa shape index (κ1) is 17.5. The molecule has 0 spiro atoms. The van der Waals surface area contributed by atoms with Gasteiger partial charge in [0.25, 0.3) is 0 Å². The Morgan fingerprint density at radius 3 is 2.16 bits per heavy atom. The molecule has 1 fully saturated rings. The maximum Gasteiger partial charge on any atom is 0.237 e.